The van der Waals surface area contributed by atoms with Gasteiger partial charge in [0.1, 0.15) is 12.2 Å². The summed E-state index contributed by atoms with van der Waals surface area (Å²) in [5.41, 5.74) is 2.39. The molecule has 0 spiro atoms. The van der Waals surface area contributed by atoms with Gasteiger partial charge in [0.25, 0.3) is 0 Å². The molecule has 1 saturated heterocycles. The van der Waals surface area contributed by atoms with E-state index in [-0.39, 0.29) is 13.2 Å². The predicted molar refractivity (Wildman–Crippen MR) is 118 cm³/mol. The molecule has 0 radical (unpaired) electrons. The number of rotatable bonds is 9. The van der Waals surface area contributed by atoms with Crippen LogP contribution in [0.1, 0.15) is 21.5 Å². The number of esters is 1. The molecule has 6 heteroatoms. The molecule has 0 bridgehead atoms. The largest absolute Gasteiger partial charge is 0.450 e. The van der Waals surface area contributed by atoms with Crippen LogP contribution >= 0.6 is 0 Å². The molecule has 1 fully saturated rings. The Labute approximate surface area is 187 Å². The molecule has 1 heterocycles. The predicted octanol–water partition coefficient (Wildman–Crippen LogP) is 3.73. The van der Waals surface area contributed by atoms with Crippen molar-refractivity contribution in [1.29, 1.82) is 0 Å². The molecule has 166 valence electrons. The highest BCUT2D eigenvalue weighted by Gasteiger charge is 2.47. The van der Waals surface area contributed by atoms with Crippen LogP contribution in [0.4, 0.5) is 0 Å². The molecule has 32 heavy (non-hydrogen) atoms. The Morgan fingerprint density at radius 1 is 0.781 bits per heavy atom. The lowest BCUT2D eigenvalue weighted by Crippen LogP contribution is -2.40. The molecule has 3 aromatic carbocycles. The SMILES string of the molecule is O=C(O[C@H]1C(O)O[C@H](COCc2ccccc2)[C@@H]1OCc1ccccc1)c1ccccc1. The molecule has 1 unspecified atom stereocenters. The highest BCUT2D eigenvalue weighted by atomic mass is 16.7. The van der Waals surface area contributed by atoms with Crippen molar-refractivity contribution in [3.8, 4) is 0 Å². The Morgan fingerprint density at radius 2 is 1.34 bits per heavy atom. The van der Waals surface area contributed by atoms with Gasteiger partial charge in [-0.25, -0.2) is 4.79 Å². The number of aliphatic hydroxyl groups excluding tert-OH is 1. The number of carbonyl (C=O) groups is 1. The third kappa shape index (κ3) is 5.81. The fourth-order valence-corrected chi connectivity index (χ4v) is 3.57. The topological polar surface area (TPSA) is 74.2 Å². The third-order valence-corrected chi connectivity index (χ3v) is 5.22. The summed E-state index contributed by atoms with van der Waals surface area (Å²) >= 11 is 0. The van der Waals surface area contributed by atoms with Gasteiger partial charge >= 0.3 is 5.97 Å². The summed E-state index contributed by atoms with van der Waals surface area (Å²) in [5, 5.41) is 10.5. The van der Waals surface area contributed by atoms with E-state index in [9.17, 15) is 9.90 Å². The molecular formula is C26H26O6. The Hall–Kier alpha value is -3.03. The molecule has 0 aliphatic carbocycles. The first kappa shape index (κ1) is 22.2. The fraction of sp³-hybridized carbons (Fsp3) is 0.269. The van der Waals surface area contributed by atoms with Crippen molar-refractivity contribution >= 4 is 5.97 Å². The Morgan fingerprint density at radius 3 is 1.97 bits per heavy atom. The molecule has 0 amide bonds. The van der Waals surface area contributed by atoms with E-state index in [1.54, 1.807) is 24.3 Å². The van der Waals surface area contributed by atoms with E-state index in [0.717, 1.165) is 11.1 Å². The van der Waals surface area contributed by atoms with E-state index < -0.39 is 30.6 Å². The normalized spacial score (nSPS) is 22.5. The van der Waals surface area contributed by atoms with Crippen LogP contribution in [0, 0.1) is 0 Å². The number of hydrogen-bond acceptors (Lipinski definition) is 6. The molecule has 1 aliphatic rings. The lowest BCUT2D eigenvalue weighted by molar-refractivity contribution is -0.139. The van der Waals surface area contributed by atoms with Crippen molar-refractivity contribution in [1.82, 2.24) is 0 Å². The smallest absolute Gasteiger partial charge is 0.338 e. The minimum atomic E-state index is -1.31. The highest BCUT2D eigenvalue weighted by molar-refractivity contribution is 5.89. The van der Waals surface area contributed by atoms with Gasteiger partial charge in [0.05, 0.1) is 25.4 Å². The summed E-state index contributed by atoms with van der Waals surface area (Å²) in [6.45, 7) is 0.873. The maximum atomic E-state index is 12.6. The van der Waals surface area contributed by atoms with Gasteiger partial charge in [-0.15, -0.1) is 0 Å². The molecule has 1 N–H and O–H groups in total. The second-order valence-electron chi connectivity index (χ2n) is 7.56. The minimum absolute atomic E-state index is 0.185. The minimum Gasteiger partial charge on any atom is -0.450 e. The van der Waals surface area contributed by atoms with Crippen molar-refractivity contribution in [3.63, 3.8) is 0 Å². The van der Waals surface area contributed by atoms with Gasteiger partial charge in [-0.3, -0.25) is 0 Å². The first-order chi connectivity index (χ1) is 15.7. The average Bonchev–Trinajstić information content (AvgIpc) is 3.13. The summed E-state index contributed by atoms with van der Waals surface area (Å²) < 4.78 is 23.2. The quantitative estimate of drug-likeness (QED) is 0.518. The average molecular weight is 434 g/mol. The monoisotopic (exact) mass is 434 g/mol. The summed E-state index contributed by atoms with van der Waals surface area (Å²) in [4.78, 5) is 12.6. The van der Waals surface area contributed by atoms with Gasteiger partial charge in [0.2, 0.25) is 0 Å². The van der Waals surface area contributed by atoms with Gasteiger partial charge in [0.15, 0.2) is 12.4 Å². The van der Waals surface area contributed by atoms with Crippen molar-refractivity contribution in [2.45, 2.75) is 37.8 Å². The van der Waals surface area contributed by atoms with Crippen LogP contribution < -0.4 is 0 Å². The van der Waals surface area contributed by atoms with Gasteiger partial charge < -0.3 is 24.1 Å². The highest BCUT2D eigenvalue weighted by Crippen LogP contribution is 2.28. The van der Waals surface area contributed by atoms with Gasteiger partial charge in [-0.2, -0.15) is 0 Å². The Bertz CT molecular complexity index is 963. The molecule has 6 nitrogen and oxygen atoms in total. The third-order valence-electron chi connectivity index (χ3n) is 5.22. The van der Waals surface area contributed by atoms with Crippen LogP contribution in [0.15, 0.2) is 91.0 Å². The van der Waals surface area contributed by atoms with E-state index in [0.29, 0.717) is 12.2 Å². The zero-order valence-corrected chi connectivity index (χ0v) is 17.6. The van der Waals surface area contributed by atoms with Crippen molar-refractivity contribution < 1.29 is 28.8 Å². The molecule has 4 rings (SSSR count). The van der Waals surface area contributed by atoms with Crippen LogP contribution in [-0.2, 0) is 32.2 Å². The first-order valence-corrected chi connectivity index (χ1v) is 10.6. The second-order valence-corrected chi connectivity index (χ2v) is 7.56. The van der Waals surface area contributed by atoms with E-state index >= 15 is 0 Å². The van der Waals surface area contributed by atoms with E-state index in [4.69, 9.17) is 18.9 Å². The molecule has 0 saturated carbocycles. The van der Waals surface area contributed by atoms with E-state index in [2.05, 4.69) is 0 Å². The number of aliphatic hydroxyl groups is 1. The zero-order valence-electron chi connectivity index (χ0n) is 17.6. The maximum absolute atomic E-state index is 12.6. The van der Waals surface area contributed by atoms with E-state index in [1.165, 1.54) is 0 Å². The van der Waals surface area contributed by atoms with Crippen LogP contribution in [0.2, 0.25) is 0 Å². The summed E-state index contributed by atoms with van der Waals surface area (Å²) in [7, 11) is 0. The summed E-state index contributed by atoms with van der Waals surface area (Å²) in [6, 6.07) is 28.1. The number of ether oxygens (including phenoxy) is 4. The Balaban J connectivity index is 1.43. The van der Waals surface area contributed by atoms with Gasteiger partial charge in [0, 0.05) is 0 Å². The zero-order chi connectivity index (χ0) is 22.2. The van der Waals surface area contributed by atoms with Crippen LogP contribution in [0.3, 0.4) is 0 Å². The second kappa shape index (κ2) is 11.0. The molecular weight excluding hydrogens is 408 g/mol. The molecule has 3 aromatic rings. The van der Waals surface area contributed by atoms with Crippen molar-refractivity contribution in [2.24, 2.45) is 0 Å². The van der Waals surface area contributed by atoms with Crippen LogP contribution in [0.5, 0.6) is 0 Å². The first-order valence-electron chi connectivity index (χ1n) is 10.6. The van der Waals surface area contributed by atoms with E-state index in [1.807, 2.05) is 66.7 Å². The lowest BCUT2D eigenvalue weighted by Gasteiger charge is -2.23. The van der Waals surface area contributed by atoms with Crippen molar-refractivity contribution in [3.05, 3.63) is 108 Å². The molecule has 0 aromatic heterocycles. The van der Waals surface area contributed by atoms with Crippen molar-refractivity contribution in [2.75, 3.05) is 6.61 Å². The van der Waals surface area contributed by atoms with Crippen LogP contribution in [0.25, 0.3) is 0 Å². The number of benzene rings is 3. The maximum Gasteiger partial charge on any atom is 0.338 e. The lowest BCUT2D eigenvalue weighted by atomic mass is 10.1. The number of hydrogen-bond donors (Lipinski definition) is 1. The van der Waals surface area contributed by atoms with Gasteiger partial charge in [-0.1, -0.05) is 78.9 Å². The fourth-order valence-electron chi connectivity index (χ4n) is 3.57. The number of carbonyl (C=O) groups excluding carboxylic acids is 1. The summed E-state index contributed by atoms with van der Waals surface area (Å²) in [5.74, 6) is -0.544. The standard InChI is InChI=1S/C26H26O6/c27-25(21-14-8-3-9-15-21)32-24-23(30-17-20-12-6-2-7-13-20)22(31-26(24)28)18-29-16-19-10-4-1-5-11-19/h1-15,22-24,26,28H,16-18H2/t22-,23+,24-,26?/m1/s1. The molecule has 1 aliphatic heterocycles. The summed E-state index contributed by atoms with van der Waals surface area (Å²) in [6.07, 6.45) is -3.56. The van der Waals surface area contributed by atoms with Gasteiger partial charge in [-0.05, 0) is 23.3 Å². The van der Waals surface area contributed by atoms with Crippen LogP contribution in [-0.4, -0.2) is 42.3 Å². The Kier molecular flexibility index (Phi) is 7.64. The molecule has 4 atom stereocenters.